The number of rotatable bonds is 13. The molecule has 0 unspecified atom stereocenters. The fourth-order valence-electron chi connectivity index (χ4n) is 4.90. The van der Waals surface area contributed by atoms with Crippen LogP contribution in [0.2, 0.25) is 0 Å². The maximum atomic E-state index is 14.7. The molecule has 0 bridgehead atoms. The lowest BCUT2D eigenvalue weighted by Crippen LogP contribution is -2.25. The maximum absolute atomic E-state index is 14.7. The van der Waals surface area contributed by atoms with Gasteiger partial charge >= 0.3 is 5.97 Å². The van der Waals surface area contributed by atoms with Crippen LogP contribution in [0.25, 0.3) is 11.4 Å². The monoisotopic (exact) mass is 468 g/mol. The van der Waals surface area contributed by atoms with Crippen LogP contribution in [0, 0.1) is 11.7 Å². The first-order valence-corrected chi connectivity index (χ1v) is 13.4. The van der Waals surface area contributed by atoms with Gasteiger partial charge in [0.05, 0.1) is 5.56 Å². The van der Waals surface area contributed by atoms with Crippen molar-refractivity contribution < 1.29 is 13.9 Å². The highest BCUT2D eigenvalue weighted by Gasteiger charge is 2.25. The molecule has 0 spiro atoms. The number of benzene rings is 1. The Kier molecular flexibility index (Phi) is 11.0. The molecule has 0 N–H and O–H groups in total. The molecule has 34 heavy (non-hydrogen) atoms. The summed E-state index contributed by atoms with van der Waals surface area (Å²) in [6, 6.07) is 4.52. The molecule has 186 valence electrons. The minimum absolute atomic E-state index is 0.0185. The van der Waals surface area contributed by atoms with Gasteiger partial charge in [-0.3, -0.25) is 0 Å². The number of aryl methyl sites for hydroxylation is 1. The number of ether oxygens (including phenoxy) is 1. The van der Waals surface area contributed by atoms with Gasteiger partial charge in [-0.1, -0.05) is 71.3 Å². The van der Waals surface area contributed by atoms with Crippen LogP contribution >= 0.6 is 0 Å². The number of nitrogens with zero attached hydrogens (tertiary/aromatic N) is 2. The number of hydrogen-bond donors (Lipinski definition) is 0. The number of carbonyl (C=O) groups excluding carboxylic acids is 1. The van der Waals surface area contributed by atoms with Crippen molar-refractivity contribution in [3.05, 3.63) is 47.5 Å². The van der Waals surface area contributed by atoms with Crippen molar-refractivity contribution in [2.24, 2.45) is 5.92 Å². The largest absolute Gasteiger partial charge is 0.459 e. The van der Waals surface area contributed by atoms with Crippen LogP contribution in [-0.4, -0.2) is 22.0 Å². The number of esters is 1. The van der Waals surface area contributed by atoms with E-state index in [0.717, 1.165) is 50.0 Å². The summed E-state index contributed by atoms with van der Waals surface area (Å²) < 4.78 is 20.4. The zero-order chi connectivity index (χ0) is 24.2. The Morgan fingerprint density at radius 3 is 2.26 bits per heavy atom. The van der Waals surface area contributed by atoms with Crippen LogP contribution in [0.15, 0.2) is 30.6 Å². The molecule has 2 aromatic rings. The van der Waals surface area contributed by atoms with Gasteiger partial charge in [-0.2, -0.15) is 0 Å². The molecule has 0 radical (unpaired) electrons. The third kappa shape index (κ3) is 8.18. The third-order valence-corrected chi connectivity index (χ3v) is 6.99. The summed E-state index contributed by atoms with van der Waals surface area (Å²) in [5, 5.41) is 0. The van der Waals surface area contributed by atoms with Gasteiger partial charge in [-0.05, 0) is 62.1 Å². The first-order chi connectivity index (χ1) is 16.6. The van der Waals surface area contributed by atoms with Crippen molar-refractivity contribution in [3.63, 3.8) is 0 Å². The van der Waals surface area contributed by atoms with Crippen molar-refractivity contribution in [3.8, 4) is 11.4 Å². The van der Waals surface area contributed by atoms with Crippen LogP contribution in [0.1, 0.15) is 113 Å². The van der Waals surface area contributed by atoms with E-state index in [1.807, 2.05) is 12.4 Å². The Morgan fingerprint density at radius 1 is 0.941 bits per heavy atom. The molecule has 1 aromatic heterocycles. The normalized spacial score (nSPS) is 18.1. The molecule has 0 aliphatic heterocycles. The first kappa shape index (κ1) is 26.3. The number of halogens is 1. The van der Waals surface area contributed by atoms with Crippen molar-refractivity contribution in [2.45, 2.75) is 110 Å². The van der Waals surface area contributed by atoms with E-state index in [9.17, 15) is 9.18 Å². The first-order valence-electron chi connectivity index (χ1n) is 13.4. The summed E-state index contributed by atoms with van der Waals surface area (Å²) in [6.45, 7) is 4.44. The maximum Gasteiger partial charge on any atom is 0.341 e. The molecule has 1 aliphatic carbocycles. The van der Waals surface area contributed by atoms with Crippen molar-refractivity contribution >= 4 is 5.97 Å². The molecule has 0 atom stereocenters. The van der Waals surface area contributed by atoms with Crippen molar-refractivity contribution in [2.75, 3.05) is 0 Å². The fourth-order valence-corrected chi connectivity index (χ4v) is 4.90. The Morgan fingerprint density at radius 2 is 1.62 bits per heavy atom. The van der Waals surface area contributed by atoms with Crippen molar-refractivity contribution in [1.29, 1.82) is 0 Å². The van der Waals surface area contributed by atoms with Crippen LogP contribution in [0.4, 0.5) is 4.39 Å². The SMILES string of the molecule is CCCCCCCCCc1cnc(-c2ccc(C(=O)OC3CCC(CCC)CC3)c(F)c2)nc1. The molecule has 0 amide bonds. The van der Waals surface area contributed by atoms with E-state index >= 15 is 0 Å². The van der Waals surface area contributed by atoms with Crippen LogP contribution in [-0.2, 0) is 11.2 Å². The van der Waals surface area contributed by atoms with Crippen LogP contribution < -0.4 is 0 Å². The average Bonchev–Trinajstić information content (AvgIpc) is 2.85. The number of aromatic nitrogens is 2. The molecular formula is C29H41FN2O2. The number of unbranched alkanes of at least 4 members (excludes halogenated alkanes) is 6. The molecule has 1 aromatic carbocycles. The second-order valence-electron chi connectivity index (χ2n) is 9.82. The van der Waals surface area contributed by atoms with Crippen molar-refractivity contribution in [1.82, 2.24) is 9.97 Å². The van der Waals surface area contributed by atoms with Gasteiger partial charge in [-0.25, -0.2) is 19.2 Å². The van der Waals surface area contributed by atoms with E-state index in [1.54, 1.807) is 6.07 Å². The molecule has 3 rings (SSSR count). The van der Waals surface area contributed by atoms with Gasteiger partial charge in [0, 0.05) is 18.0 Å². The molecule has 1 fully saturated rings. The second-order valence-corrected chi connectivity index (χ2v) is 9.82. The summed E-state index contributed by atoms with van der Waals surface area (Å²) >= 11 is 0. The molecule has 1 heterocycles. The number of hydrogen-bond acceptors (Lipinski definition) is 4. The Hall–Kier alpha value is -2.30. The summed E-state index contributed by atoms with van der Waals surface area (Å²) in [4.78, 5) is 21.4. The Labute approximate surface area is 204 Å². The van der Waals surface area contributed by atoms with Crippen LogP contribution in [0.3, 0.4) is 0 Å². The second kappa shape index (κ2) is 14.2. The van der Waals surface area contributed by atoms with Gasteiger partial charge in [0.2, 0.25) is 0 Å². The lowest BCUT2D eigenvalue weighted by molar-refractivity contribution is 0.0157. The summed E-state index contributed by atoms with van der Waals surface area (Å²) in [7, 11) is 0. The summed E-state index contributed by atoms with van der Waals surface area (Å²) in [5.41, 5.74) is 1.65. The van der Waals surface area contributed by atoms with Gasteiger partial charge in [0.15, 0.2) is 5.82 Å². The van der Waals surface area contributed by atoms with E-state index in [-0.39, 0.29) is 11.7 Å². The molecule has 1 saturated carbocycles. The standard InChI is InChI=1S/C29H41FN2O2/c1-3-5-6-7-8-9-10-12-23-20-31-28(32-21-23)24-15-18-26(27(30)19-24)29(33)34-25-16-13-22(11-4-2)14-17-25/h15,18-22,25H,3-14,16-17H2,1-2H3. The summed E-state index contributed by atoms with van der Waals surface area (Å²) in [5.74, 6) is 0.0427. The minimum atomic E-state index is -0.585. The quantitative estimate of drug-likeness (QED) is 0.220. The third-order valence-electron chi connectivity index (χ3n) is 6.99. The van der Waals surface area contributed by atoms with E-state index in [1.165, 1.54) is 63.5 Å². The highest BCUT2D eigenvalue weighted by atomic mass is 19.1. The van der Waals surface area contributed by atoms with E-state index in [2.05, 4.69) is 23.8 Å². The van der Waals surface area contributed by atoms with E-state index in [4.69, 9.17) is 4.74 Å². The topological polar surface area (TPSA) is 52.1 Å². The zero-order valence-electron chi connectivity index (χ0n) is 21.0. The molecular weight excluding hydrogens is 427 g/mol. The average molecular weight is 469 g/mol. The van der Waals surface area contributed by atoms with Gasteiger partial charge in [0.1, 0.15) is 11.9 Å². The highest BCUT2D eigenvalue weighted by molar-refractivity contribution is 5.90. The van der Waals surface area contributed by atoms with Gasteiger partial charge in [0.25, 0.3) is 0 Å². The van der Waals surface area contributed by atoms with E-state index < -0.39 is 11.8 Å². The molecule has 4 nitrogen and oxygen atoms in total. The zero-order valence-corrected chi connectivity index (χ0v) is 21.0. The predicted molar refractivity (Wildman–Crippen MR) is 135 cm³/mol. The summed E-state index contributed by atoms with van der Waals surface area (Å²) in [6.07, 6.45) is 19.8. The predicted octanol–water partition coefficient (Wildman–Crippen LogP) is 8.09. The highest BCUT2D eigenvalue weighted by Crippen LogP contribution is 2.30. The van der Waals surface area contributed by atoms with Crippen LogP contribution in [0.5, 0.6) is 0 Å². The Balaban J connectivity index is 1.48. The minimum Gasteiger partial charge on any atom is -0.459 e. The lowest BCUT2D eigenvalue weighted by atomic mass is 9.85. The number of carbonyl (C=O) groups is 1. The Bertz CT molecular complexity index is 876. The molecule has 0 saturated heterocycles. The smallest absolute Gasteiger partial charge is 0.341 e. The fraction of sp³-hybridized carbons (Fsp3) is 0.621. The van der Waals surface area contributed by atoms with Gasteiger partial charge < -0.3 is 4.74 Å². The molecule has 1 aliphatic rings. The van der Waals surface area contributed by atoms with E-state index in [0.29, 0.717) is 11.4 Å². The lowest BCUT2D eigenvalue weighted by Gasteiger charge is -2.28. The molecule has 5 heteroatoms. The van der Waals surface area contributed by atoms with Gasteiger partial charge in [-0.15, -0.1) is 0 Å².